The van der Waals surface area contributed by atoms with Gasteiger partial charge in [0.1, 0.15) is 0 Å². The molecule has 0 radical (unpaired) electrons. The molecule has 3 N–H and O–H groups in total. The molecule has 0 aromatic rings. The summed E-state index contributed by atoms with van der Waals surface area (Å²) in [6, 6.07) is 0. The molecule has 0 aliphatic rings. The van der Waals surface area contributed by atoms with Crippen LogP contribution in [-0.4, -0.2) is 92.2 Å². The van der Waals surface area contributed by atoms with E-state index in [9.17, 15) is 4.53 Å². The Labute approximate surface area is 99.6 Å². The van der Waals surface area contributed by atoms with Crippen LogP contribution < -0.4 is 0 Å². The molecular weight excluding hydrogens is 177 g/mol. The first-order valence-electron chi connectivity index (χ1n) is 1.03. The van der Waals surface area contributed by atoms with E-state index in [1.807, 2.05) is 0 Å². The Balaban J connectivity index is -0.000000125. The van der Waals surface area contributed by atoms with Crippen LogP contribution in [0.2, 0.25) is 0 Å². The van der Waals surface area contributed by atoms with E-state index in [-0.39, 0.29) is 68.7 Å². The van der Waals surface area contributed by atoms with E-state index in [1.165, 1.54) is 0 Å². The SMILES string of the molecule is O[Si](O)(O)OF.[AlH3].[KH]. The van der Waals surface area contributed by atoms with Crippen molar-refractivity contribution in [2.45, 2.75) is 0 Å². The van der Waals surface area contributed by atoms with E-state index < -0.39 is 9.05 Å². The molecule has 0 unspecified atom stereocenters. The fraction of sp³-hybridized carbons (Fsp3) is 0. The van der Waals surface area contributed by atoms with E-state index in [0.29, 0.717) is 0 Å². The Kier molecular flexibility index (Phi) is 15.1. The quantitative estimate of drug-likeness (QED) is 0.369. The molecule has 8 heavy (non-hydrogen) atoms. The molecule has 0 aromatic heterocycles. The predicted octanol–water partition coefficient (Wildman–Crippen LogP) is -3.53. The van der Waals surface area contributed by atoms with Crippen LogP contribution in [0, 0.1) is 0 Å². The molecule has 46 valence electrons. The maximum atomic E-state index is 10.3. The average molecular weight is 184 g/mol. The van der Waals surface area contributed by atoms with Crippen molar-refractivity contribution in [2.75, 3.05) is 0 Å². The number of hydrogen-bond donors (Lipinski definition) is 3. The molecule has 0 amide bonds. The first kappa shape index (κ1) is 16.6. The zero-order valence-electron chi connectivity index (χ0n) is 2.63. The Bertz CT molecular complexity index is 45.8. The minimum absolute atomic E-state index is 0. The molecule has 0 fully saturated rings. The van der Waals surface area contributed by atoms with Gasteiger partial charge in [0, 0.05) is 0 Å². The molecule has 0 bridgehead atoms. The van der Waals surface area contributed by atoms with Gasteiger partial charge in [0.15, 0.2) is 17.4 Å². The second kappa shape index (κ2) is 7.26. The number of hydrogen-bond acceptors (Lipinski definition) is 4. The van der Waals surface area contributed by atoms with Crippen LogP contribution in [0.3, 0.4) is 0 Å². The normalized spacial score (nSPS) is 9.00. The van der Waals surface area contributed by atoms with E-state index in [1.54, 1.807) is 0 Å². The first-order chi connectivity index (χ1) is 2.56. The summed E-state index contributed by atoms with van der Waals surface area (Å²) in [6.07, 6.45) is 0. The van der Waals surface area contributed by atoms with Gasteiger partial charge in [-0.05, 0) is 0 Å². The Morgan fingerprint density at radius 1 is 1.25 bits per heavy atom. The third kappa shape index (κ3) is 15.7. The van der Waals surface area contributed by atoms with Crippen LogP contribution in [0.1, 0.15) is 0 Å². The zero-order chi connectivity index (χ0) is 5.21. The van der Waals surface area contributed by atoms with Crippen LogP contribution in [0.4, 0.5) is 4.53 Å². The molecule has 0 atom stereocenters. The van der Waals surface area contributed by atoms with Gasteiger partial charge in [-0.25, -0.2) is 0 Å². The summed E-state index contributed by atoms with van der Waals surface area (Å²) >= 11 is 0. The van der Waals surface area contributed by atoms with Crippen molar-refractivity contribution in [3.05, 3.63) is 0 Å². The Hall–Kier alpha value is 2.16. The van der Waals surface area contributed by atoms with Crippen molar-refractivity contribution in [1.82, 2.24) is 0 Å². The van der Waals surface area contributed by atoms with Crippen molar-refractivity contribution in [3.8, 4) is 0 Å². The first-order valence-corrected chi connectivity index (χ1v) is 2.78. The molecule has 0 saturated carbocycles. The van der Waals surface area contributed by atoms with Crippen molar-refractivity contribution >= 4 is 77.8 Å². The summed E-state index contributed by atoms with van der Waals surface area (Å²) < 4.78 is 12.6. The van der Waals surface area contributed by atoms with Gasteiger partial charge in [-0.2, -0.15) is 4.63 Å². The average Bonchev–Trinajstić information content (AvgIpc) is 1.35. The van der Waals surface area contributed by atoms with E-state index in [2.05, 4.69) is 4.63 Å². The Morgan fingerprint density at radius 3 is 1.38 bits per heavy atom. The molecule has 0 rings (SSSR count). The van der Waals surface area contributed by atoms with Gasteiger partial charge in [-0.1, -0.05) is 4.53 Å². The molecule has 0 aliphatic heterocycles. The van der Waals surface area contributed by atoms with Crippen LogP contribution in [0.15, 0.2) is 0 Å². The van der Waals surface area contributed by atoms with Crippen LogP contribution in [0.25, 0.3) is 0 Å². The summed E-state index contributed by atoms with van der Waals surface area (Å²) in [5.74, 6) is 0. The van der Waals surface area contributed by atoms with Gasteiger partial charge >= 0.3 is 60.4 Å². The van der Waals surface area contributed by atoms with Gasteiger partial charge in [0.05, 0.1) is 0 Å². The van der Waals surface area contributed by atoms with Gasteiger partial charge < -0.3 is 14.4 Å². The topological polar surface area (TPSA) is 69.9 Å². The molecule has 0 saturated heterocycles. The zero-order valence-corrected chi connectivity index (χ0v) is 3.63. The maximum absolute atomic E-state index is 10.3. The van der Waals surface area contributed by atoms with Crippen molar-refractivity contribution in [3.63, 3.8) is 0 Å². The second-order valence-electron chi connectivity index (χ2n) is 0.651. The minimum atomic E-state index is -4.80. The monoisotopic (exact) mass is 184 g/mol. The van der Waals surface area contributed by atoms with Gasteiger partial charge in [-0.3, -0.25) is 0 Å². The molecule has 8 heteroatoms. The van der Waals surface area contributed by atoms with Crippen molar-refractivity contribution in [1.29, 1.82) is 0 Å². The summed E-state index contributed by atoms with van der Waals surface area (Å²) in [6.45, 7) is 0. The molecule has 0 spiro atoms. The van der Waals surface area contributed by atoms with Gasteiger partial charge in [0.25, 0.3) is 0 Å². The fourth-order valence-corrected chi connectivity index (χ4v) is 0. The van der Waals surface area contributed by atoms with Gasteiger partial charge in [0.2, 0.25) is 0 Å². The third-order valence-corrected chi connectivity index (χ3v) is 0.311. The van der Waals surface area contributed by atoms with Gasteiger partial charge in [-0.15, -0.1) is 0 Å². The van der Waals surface area contributed by atoms with Crippen LogP contribution in [-0.2, 0) is 4.63 Å². The van der Waals surface area contributed by atoms with Crippen LogP contribution in [0.5, 0.6) is 0 Å². The third-order valence-electron chi connectivity index (χ3n) is 0.104. The molecule has 0 heterocycles. The van der Waals surface area contributed by atoms with E-state index in [4.69, 9.17) is 14.4 Å². The van der Waals surface area contributed by atoms with Crippen LogP contribution >= 0.6 is 0 Å². The molecule has 0 aromatic carbocycles. The summed E-state index contributed by atoms with van der Waals surface area (Å²) in [7, 11) is -4.80. The Morgan fingerprint density at radius 2 is 1.38 bits per heavy atom. The molecule has 4 nitrogen and oxygen atoms in total. The fourth-order valence-electron chi connectivity index (χ4n) is 0. The number of rotatable bonds is 1. The van der Waals surface area contributed by atoms with E-state index >= 15 is 0 Å². The summed E-state index contributed by atoms with van der Waals surface area (Å²) in [5, 5.41) is 0. The van der Waals surface area contributed by atoms with E-state index in [0.717, 1.165) is 0 Å². The second-order valence-corrected chi connectivity index (χ2v) is 1.95. The van der Waals surface area contributed by atoms with Crippen molar-refractivity contribution < 1.29 is 23.5 Å². The molecule has 0 aliphatic carbocycles. The number of halogens is 1. The molecular formula is H7AlFKO4Si. The predicted molar refractivity (Wildman–Crippen MR) is 31.7 cm³/mol. The summed E-state index contributed by atoms with van der Waals surface area (Å²) in [5.41, 5.74) is 0. The summed E-state index contributed by atoms with van der Waals surface area (Å²) in [4.78, 5) is 22.4. The van der Waals surface area contributed by atoms with Crippen molar-refractivity contribution in [2.24, 2.45) is 0 Å². The standard InChI is InChI=1S/Al.FH3O4Si.K.4H/c;1-5-6(2,3)4;;;;;/h;2-4H;;;;;.